The summed E-state index contributed by atoms with van der Waals surface area (Å²) in [4.78, 5) is 51.5. The van der Waals surface area contributed by atoms with Crippen molar-refractivity contribution >= 4 is 23.7 Å². The van der Waals surface area contributed by atoms with Gasteiger partial charge in [-0.3, -0.25) is 19.0 Å². The third-order valence-corrected chi connectivity index (χ3v) is 3.64. The number of hydroxylamine groups is 2. The molecule has 1 aliphatic rings. The fourth-order valence-corrected chi connectivity index (χ4v) is 2.30. The Hall–Kier alpha value is -2.44. The Morgan fingerprint density at radius 1 is 1.13 bits per heavy atom. The van der Waals surface area contributed by atoms with Crippen molar-refractivity contribution in [1.82, 2.24) is 9.63 Å². The molecule has 1 aromatic rings. The largest absolute Gasteiger partial charge is 0.365 e. The van der Waals surface area contributed by atoms with Crippen LogP contribution in [0.15, 0.2) is 18.5 Å². The van der Waals surface area contributed by atoms with E-state index in [-0.39, 0.29) is 24.3 Å². The summed E-state index contributed by atoms with van der Waals surface area (Å²) in [5.74, 6) is -2.00. The highest BCUT2D eigenvalue weighted by molar-refractivity contribution is 6.02. The molecule has 0 aromatic carbocycles. The van der Waals surface area contributed by atoms with Gasteiger partial charge in [0.2, 0.25) is 5.91 Å². The highest BCUT2D eigenvalue weighted by Crippen LogP contribution is 2.15. The normalized spacial score (nSPS) is 14.4. The molecule has 7 nitrogen and oxygen atoms in total. The molecule has 0 atom stereocenters. The first-order chi connectivity index (χ1) is 11.0. The average molecular weight is 320 g/mol. The summed E-state index contributed by atoms with van der Waals surface area (Å²) >= 11 is 0. The van der Waals surface area contributed by atoms with Crippen LogP contribution in [0.4, 0.5) is 0 Å². The minimum atomic E-state index is -0.828. The summed E-state index contributed by atoms with van der Waals surface area (Å²) in [5, 5.41) is 0.492. The van der Waals surface area contributed by atoms with Gasteiger partial charge in [0.1, 0.15) is 0 Å². The molecule has 1 aromatic heterocycles. The molecule has 0 aliphatic carbocycles. The highest BCUT2D eigenvalue weighted by atomic mass is 16.7. The zero-order valence-corrected chi connectivity index (χ0v) is 13.1. The smallest absolute Gasteiger partial charge is 0.325 e. The van der Waals surface area contributed by atoms with Crippen LogP contribution in [0.3, 0.4) is 0 Å². The number of nitrogens with zero attached hydrogens (tertiary/aromatic N) is 2. The molecule has 1 fully saturated rings. The highest BCUT2D eigenvalue weighted by Gasteiger charge is 2.33. The van der Waals surface area contributed by atoms with Gasteiger partial charge in [0.25, 0.3) is 11.8 Å². The summed E-state index contributed by atoms with van der Waals surface area (Å²) in [5.41, 5.74) is 0.124. The molecular weight excluding hydrogens is 300 g/mol. The Kier molecular flexibility index (Phi) is 5.67. The second-order valence-electron chi connectivity index (χ2n) is 5.47. The Morgan fingerprint density at radius 3 is 2.48 bits per heavy atom. The van der Waals surface area contributed by atoms with E-state index in [0.29, 0.717) is 11.5 Å². The van der Waals surface area contributed by atoms with Crippen LogP contribution in [-0.4, -0.2) is 33.3 Å². The van der Waals surface area contributed by atoms with Crippen LogP contribution in [0.25, 0.3) is 0 Å². The van der Waals surface area contributed by atoms with Gasteiger partial charge in [-0.05, 0) is 12.5 Å². The summed E-state index contributed by atoms with van der Waals surface area (Å²) in [6.45, 7) is 2.10. The van der Waals surface area contributed by atoms with Crippen molar-refractivity contribution in [3.63, 3.8) is 0 Å². The van der Waals surface area contributed by atoms with Gasteiger partial charge in [0.15, 0.2) is 0 Å². The number of unbranched alkanes of at least 4 members (excludes halogenated alkanes) is 3. The van der Waals surface area contributed by atoms with Crippen molar-refractivity contribution in [2.45, 2.75) is 51.9 Å². The van der Waals surface area contributed by atoms with Crippen molar-refractivity contribution in [1.29, 1.82) is 0 Å². The number of amides is 2. The lowest BCUT2D eigenvalue weighted by Gasteiger charge is -2.11. The Bertz CT molecular complexity index is 604. The van der Waals surface area contributed by atoms with Gasteiger partial charge < -0.3 is 4.84 Å². The van der Waals surface area contributed by atoms with Crippen LogP contribution < -0.4 is 0 Å². The molecule has 2 rings (SSSR count). The maximum absolute atomic E-state index is 12.0. The standard InChI is InChI=1S/C16H20N2O5/c1-2-3-4-5-6-13(19)17-10-9-12(11-17)16(22)23-18-14(20)7-8-15(18)21/h9-11H,2-8H2,1H3. The van der Waals surface area contributed by atoms with Crippen LogP contribution in [0.2, 0.25) is 0 Å². The van der Waals surface area contributed by atoms with Gasteiger partial charge in [0, 0.05) is 31.7 Å². The third-order valence-electron chi connectivity index (χ3n) is 3.64. The molecule has 2 amide bonds. The van der Waals surface area contributed by atoms with Crippen molar-refractivity contribution in [2.75, 3.05) is 0 Å². The van der Waals surface area contributed by atoms with E-state index in [1.54, 1.807) is 0 Å². The minimum Gasteiger partial charge on any atom is -0.325 e. The van der Waals surface area contributed by atoms with Gasteiger partial charge in [0.05, 0.1) is 5.56 Å². The first-order valence-corrected chi connectivity index (χ1v) is 7.82. The van der Waals surface area contributed by atoms with Crippen LogP contribution in [0, 0.1) is 0 Å². The fourth-order valence-electron chi connectivity index (χ4n) is 2.30. The number of rotatable bonds is 7. The summed E-state index contributed by atoms with van der Waals surface area (Å²) < 4.78 is 1.33. The Labute approximate surface area is 134 Å². The number of carbonyl (C=O) groups excluding carboxylic acids is 4. The monoisotopic (exact) mass is 320 g/mol. The summed E-state index contributed by atoms with van der Waals surface area (Å²) in [6.07, 6.45) is 7.33. The molecule has 124 valence electrons. The molecule has 0 N–H and O–H groups in total. The molecule has 1 aliphatic heterocycles. The molecule has 23 heavy (non-hydrogen) atoms. The van der Waals surface area contributed by atoms with E-state index in [1.165, 1.54) is 23.0 Å². The van der Waals surface area contributed by atoms with Crippen molar-refractivity contribution in [3.05, 3.63) is 24.0 Å². The Morgan fingerprint density at radius 2 is 1.83 bits per heavy atom. The van der Waals surface area contributed by atoms with Crippen LogP contribution in [0.5, 0.6) is 0 Å². The van der Waals surface area contributed by atoms with Gasteiger partial charge in [-0.15, -0.1) is 5.06 Å². The third kappa shape index (κ3) is 4.28. The molecule has 2 heterocycles. The molecule has 7 heteroatoms. The van der Waals surface area contributed by atoms with Crippen LogP contribution in [-0.2, 0) is 14.4 Å². The molecule has 0 bridgehead atoms. The minimum absolute atomic E-state index is 0.0450. The van der Waals surface area contributed by atoms with Gasteiger partial charge in [-0.2, -0.15) is 0 Å². The quantitative estimate of drug-likeness (QED) is 0.568. The number of hydrogen-bond donors (Lipinski definition) is 0. The van der Waals surface area contributed by atoms with E-state index in [1.807, 2.05) is 0 Å². The SMILES string of the molecule is CCCCCCC(=O)n1ccc(C(=O)ON2C(=O)CCC2=O)c1. The zero-order valence-electron chi connectivity index (χ0n) is 13.1. The summed E-state index contributed by atoms with van der Waals surface area (Å²) in [6, 6.07) is 1.43. The van der Waals surface area contributed by atoms with E-state index in [4.69, 9.17) is 4.84 Å². The molecule has 0 radical (unpaired) electrons. The lowest BCUT2D eigenvalue weighted by Crippen LogP contribution is -2.31. The number of carbonyl (C=O) groups is 4. The predicted molar refractivity (Wildman–Crippen MR) is 80.3 cm³/mol. The van der Waals surface area contributed by atoms with Gasteiger partial charge in [-0.1, -0.05) is 26.2 Å². The van der Waals surface area contributed by atoms with Crippen molar-refractivity contribution < 1.29 is 24.0 Å². The molecular formula is C16H20N2O5. The van der Waals surface area contributed by atoms with Crippen molar-refractivity contribution in [2.24, 2.45) is 0 Å². The van der Waals surface area contributed by atoms with Gasteiger partial charge >= 0.3 is 5.97 Å². The topological polar surface area (TPSA) is 85.7 Å². The van der Waals surface area contributed by atoms with E-state index in [9.17, 15) is 19.2 Å². The molecule has 0 spiro atoms. The first kappa shape index (κ1) is 16.9. The number of imide groups is 1. The lowest BCUT2D eigenvalue weighted by molar-refractivity contribution is -0.172. The van der Waals surface area contributed by atoms with E-state index >= 15 is 0 Å². The lowest BCUT2D eigenvalue weighted by atomic mass is 10.1. The second-order valence-corrected chi connectivity index (χ2v) is 5.47. The zero-order chi connectivity index (χ0) is 16.8. The first-order valence-electron chi connectivity index (χ1n) is 7.82. The maximum Gasteiger partial charge on any atom is 0.365 e. The Balaban J connectivity index is 1.90. The molecule has 1 saturated heterocycles. The maximum atomic E-state index is 12.0. The number of aromatic nitrogens is 1. The average Bonchev–Trinajstić information content (AvgIpc) is 3.14. The van der Waals surface area contributed by atoms with E-state index in [2.05, 4.69) is 6.92 Å². The second kappa shape index (κ2) is 7.71. The molecule has 0 saturated carbocycles. The predicted octanol–water partition coefficient (Wildman–Crippen LogP) is 2.32. The molecule has 0 unspecified atom stereocenters. The van der Waals surface area contributed by atoms with E-state index < -0.39 is 17.8 Å². The van der Waals surface area contributed by atoms with Gasteiger partial charge in [-0.25, -0.2) is 4.79 Å². The fraction of sp³-hybridized carbons (Fsp3) is 0.500. The summed E-state index contributed by atoms with van der Waals surface area (Å²) in [7, 11) is 0. The van der Waals surface area contributed by atoms with Crippen LogP contribution in [0.1, 0.15) is 67.0 Å². The van der Waals surface area contributed by atoms with E-state index in [0.717, 1.165) is 25.7 Å². The van der Waals surface area contributed by atoms with Crippen LogP contribution >= 0.6 is 0 Å². The number of hydrogen-bond acceptors (Lipinski definition) is 5. The van der Waals surface area contributed by atoms with Crippen molar-refractivity contribution in [3.8, 4) is 0 Å².